The van der Waals surface area contributed by atoms with Crippen molar-refractivity contribution in [2.75, 3.05) is 0 Å². The maximum Gasteiger partial charge on any atom is -0.0210 e. The molecular weight excluding hydrogens is 240 g/mol. The zero-order valence-electron chi connectivity index (χ0n) is 15.2. The summed E-state index contributed by atoms with van der Waals surface area (Å²) in [4.78, 5) is 0. The minimum Gasteiger partial charge on any atom is -0.0625 e. The summed E-state index contributed by atoms with van der Waals surface area (Å²) < 4.78 is 0. The van der Waals surface area contributed by atoms with Gasteiger partial charge in [-0.05, 0) is 72.0 Å². The molecule has 3 rings (SSSR count). The maximum atomic E-state index is 2.52. The van der Waals surface area contributed by atoms with Crippen molar-refractivity contribution in [3.63, 3.8) is 0 Å². The van der Waals surface area contributed by atoms with Crippen LogP contribution in [0, 0.1) is 52.8 Å². The van der Waals surface area contributed by atoms with E-state index in [9.17, 15) is 0 Å². The predicted octanol–water partition coefficient (Wildman–Crippen LogP) is 6.26. The second-order valence-corrected chi connectivity index (χ2v) is 9.24. The molecule has 0 aromatic carbocycles. The Hall–Kier alpha value is 0. The van der Waals surface area contributed by atoms with Crippen molar-refractivity contribution in [2.24, 2.45) is 52.8 Å². The molecule has 0 aromatic rings. The Bertz CT molecular complexity index is 319. The monoisotopic (exact) mass is 278 g/mol. The lowest BCUT2D eigenvalue weighted by Crippen LogP contribution is -2.60. The van der Waals surface area contributed by atoms with E-state index in [4.69, 9.17) is 0 Å². The first-order valence-electron chi connectivity index (χ1n) is 9.23. The van der Waals surface area contributed by atoms with Gasteiger partial charge in [-0.2, -0.15) is 0 Å². The van der Waals surface area contributed by atoms with E-state index < -0.39 is 0 Å². The van der Waals surface area contributed by atoms with E-state index >= 15 is 0 Å². The standard InChI is InChI=1S/C20H38/c1-12(2)17-11-16-9-10-20(17,15(7)8)19(14(5)6)18(16)13(3)4/h12-19H,9-11H2,1-8H3. The first-order valence-corrected chi connectivity index (χ1v) is 9.23. The van der Waals surface area contributed by atoms with Gasteiger partial charge in [-0.3, -0.25) is 0 Å². The van der Waals surface area contributed by atoms with Crippen molar-refractivity contribution in [2.45, 2.75) is 74.7 Å². The minimum atomic E-state index is 0.617. The van der Waals surface area contributed by atoms with Gasteiger partial charge in [-0.1, -0.05) is 55.4 Å². The summed E-state index contributed by atoms with van der Waals surface area (Å²) in [5, 5.41) is 0. The van der Waals surface area contributed by atoms with Gasteiger partial charge >= 0.3 is 0 Å². The normalized spacial score (nSPS) is 41.4. The Morgan fingerprint density at radius 3 is 1.80 bits per heavy atom. The highest BCUT2D eigenvalue weighted by molar-refractivity contribution is 5.08. The minimum absolute atomic E-state index is 0.617. The molecular formula is C20H38. The van der Waals surface area contributed by atoms with Crippen LogP contribution in [0.25, 0.3) is 0 Å². The Morgan fingerprint density at radius 1 is 0.800 bits per heavy atom. The Morgan fingerprint density at radius 2 is 1.40 bits per heavy atom. The van der Waals surface area contributed by atoms with Crippen molar-refractivity contribution < 1.29 is 0 Å². The summed E-state index contributed by atoms with van der Waals surface area (Å²) >= 11 is 0. The largest absolute Gasteiger partial charge is 0.0625 e. The van der Waals surface area contributed by atoms with Crippen LogP contribution >= 0.6 is 0 Å². The van der Waals surface area contributed by atoms with E-state index in [2.05, 4.69) is 55.4 Å². The third-order valence-electron chi connectivity index (χ3n) is 7.14. The van der Waals surface area contributed by atoms with Gasteiger partial charge in [-0.15, -0.1) is 0 Å². The molecule has 3 fully saturated rings. The summed E-state index contributed by atoms with van der Waals surface area (Å²) in [6.45, 7) is 20.0. The van der Waals surface area contributed by atoms with Crippen LogP contribution in [0.4, 0.5) is 0 Å². The van der Waals surface area contributed by atoms with Gasteiger partial charge in [0.15, 0.2) is 0 Å². The lowest BCUT2D eigenvalue weighted by Gasteiger charge is -2.66. The van der Waals surface area contributed by atoms with Crippen LogP contribution in [0.3, 0.4) is 0 Å². The summed E-state index contributed by atoms with van der Waals surface area (Å²) in [7, 11) is 0. The van der Waals surface area contributed by atoms with E-state index in [-0.39, 0.29) is 0 Å². The van der Waals surface area contributed by atoms with Crippen LogP contribution in [0.15, 0.2) is 0 Å². The van der Waals surface area contributed by atoms with Gasteiger partial charge in [-0.25, -0.2) is 0 Å². The maximum absolute atomic E-state index is 2.52. The molecule has 20 heavy (non-hydrogen) atoms. The third kappa shape index (κ3) is 2.26. The molecule has 0 heterocycles. The SMILES string of the molecule is CC(C)C1C2CCC(C(C)C)(C(C(C)C)C2)C1C(C)C. The van der Waals surface area contributed by atoms with E-state index in [1.807, 2.05) is 0 Å². The Balaban J connectivity index is 2.50. The zero-order chi connectivity index (χ0) is 15.2. The van der Waals surface area contributed by atoms with Crippen molar-refractivity contribution in [3.8, 4) is 0 Å². The average Bonchev–Trinajstić information content (AvgIpc) is 2.37. The highest BCUT2D eigenvalue weighted by Gasteiger charge is 2.60. The summed E-state index contributed by atoms with van der Waals surface area (Å²) in [6, 6.07) is 0. The topological polar surface area (TPSA) is 0 Å². The lowest BCUT2D eigenvalue weighted by atomic mass is 9.39. The van der Waals surface area contributed by atoms with Crippen molar-refractivity contribution in [1.82, 2.24) is 0 Å². The van der Waals surface area contributed by atoms with Crippen LogP contribution in [0.5, 0.6) is 0 Å². The first kappa shape index (κ1) is 16.4. The fourth-order valence-corrected chi connectivity index (χ4v) is 6.72. The number of rotatable bonds is 4. The predicted molar refractivity (Wildman–Crippen MR) is 89.6 cm³/mol. The van der Waals surface area contributed by atoms with Gasteiger partial charge in [0, 0.05) is 0 Å². The second kappa shape index (κ2) is 5.65. The summed E-state index contributed by atoms with van der Waals surface area (Å²) in [6.07, 6.45) is 4.53. The van der Waals surface area contributed by atoms with Crippen LogP contribution in [-0.2, 0) is 0 Å². The van der Waals surface area contributed by atoms with Crippen LogP contribution in [0.1, 0.15) is 74.7 Å². The van der Waals surface area contributed by atoms with Gasteiger partial charge in [0.05, 0.1) is 0 Å². The molecule has 3 aliphatic carbocycles. The van der Waals surface area contributed by atoms with Crippen molar-refractivity contribution in [1.29, 1.82) is 0 Å². The lowest BCUT2D eigenvalue weighted by molar-refractivity contribution is -0.176. The molecule has 0 aromatic heterocycles. The Labute approximate surface area is 128 Å². The van der Waals surface area contributed by atoms with E-state index in [1.54, 1.807) is 0 Å². The van der Waals surface area contributed by atoms with Crippen LogP contribution in [0.2, 0.25) is 0 Å². The quantitative estimate of drug-likeness (QED) is 0.569. The highest BCUT2D eigenvalue weighted by Crippen LogP contribution is 2.67. The van der Waals surface area contributed by atoms with E-state index in [1.165, 1.54) is 19.3 Å². The fraction of sp³-hybridized carbons (Fsp3) is 1.00. The number of hydrogen-bond donors (Lipinski definition) is 0. The molecule has 0 amide bonds. The molecule has 0 nitrogen and oxygen atoms in total. The highest BCUT2D eigenvalue weighted by atomic mass is 14.6. The van der Waals surface area contributed by atoms with Gasteiger partial charge in [0.2, 0.25) is 0 Å². The zero-order valence-corrected chi connectivity index (χ0v) is 15.2. The number of fused-ring (bicyclic) bond motifs is 3. The smallest absolute Gasteiger partial charge is 0.0210 e. The van der Waals surface area contributed by atoms with Gasteiger partial charge < -0.3 is 0 Å². The van der Waals surface area contributed by atoms with E-state index in [0.29, 0.717) is 5.41 Å². The van der Waals surface area contributed by atoms with Gasteiger partial charge in [0.25, 0.3) is 0 Å². The second-order valence-electron chi connectivity index (χ2n) is 9.24. The average molecular weight is 279 g/mol. The van der Waals surface area contributed by atoms with Crippen LogP contribution < -0.4 is 0 Å². The third-order valence-corrected chi connectivity index (χ3v) is 7.14. The van der Waals surface area contributed by atoms with Crippen molar-refractivity contribution in [3.05, 3.63) is 0 Å². The van der Waals surface area contributed by atoms with Gasteiger partial charge in [0.1, 0.15) is 0 Å². The molecule has 5 atom stereocenters. The van der Waals surface area contributed by atoms with E-state index in [0.717, 1.165) is 47.3 Å². The molecule has 118 valence electrons. The molecule has 0 spiro atoms. The van der Waals surface area contributed by atoms with Crippen molar-refractivity contribution >= 4 is 0 Å². The Kier molecular flexibility index (Phi) is 4.63. The van der Waals surface area contributed by atoms with Crippen LogP contribution in [-0.4, -0.2) is 0 Å². The number of hydrogen-bond acceptors (Lipinski definition) is 0. The molecule has 0 heteroatoms. The summed E-state index contributed by atoms with van der Waals surface area (Å²) in [5.74, 6) is 7.29. The molecule has 3 saturated carbocycles. The molecule has 3 aliphatic rings. The fourth-order valence-electron chi connectivity index (χ4n) is 6.72. The molecule has 0 N–H and O–H groups in total. The molecule has 0 saturated heterocycles. The molecule has 0 aliphatic heterocycles. The molecule has 0 radical (unpaired) electrons. The first-order chi connectivity index (χ1) is 9.23. The molecule has 2 bridgehead atoms. The molecule has 5 unspecified atom stereocenters. The summed E-state index contributed by atoms with van der Waals surface area (Å²) in [5.41, 5.74) is 0.617.